The van der Waals surface area contributed by atoms with Crippen LogP contribution in [0.3, 0.4) is 0 Å². The lowest BCUT2D eigenvalue weighted by Crippen LogP contribution is -2.32. The Kier molecular flexibility index (Phi) is 4.39. The second-order valence-electron chi connectivity index (χ2n) is 6.12. The molecule has 27 heavy (non-hydrogen) atoms. The van der Waals surface area contributed by atoms with Gasteiger partial charge < -0.3 is 4.74 Å². The molecule has 136 valence electrons. The van der Waals surface area contributed by atoms with Gasteiger partial charge in [-0.2, -0.15) is 0 Å². The zero-order valence-electron chi connectivity index (χ0n) is 14.3. The predicted octanol–water partition coefficient (Wildman–Crippen LogP) is 3.98. The average molecular weight is 429 g/mol. The number of aromatic nitrogens is 1. The summed E-state index contributed by atoms with van der Waals surface area (Å²) in [7, 11) is 1.50. The van der Waals surface area contributed by atoms with E-state index in [2.05, 4.69) is 20.9 Å². The van der Waals surface area contributed by atoms with E-state index in [0.717, 1.165) is 0 Å². The fourth-order valence-electron chi connectivity index (χ4n) is 3.26. The molecule has 0 saturated carbocycles. The van der Waals surface area contributed by atoms with Gasteiger partial charge in [0.05, 0.1) is 33.9 Å². The molecular formula is C20H14BrFN2O3. The minimum atomic E-state index is -0.381. The maximum Gasteiger partial charge on any atom is 0.261 e. The van der Waals surface area contributed by atoms with Crippen molar-refractivity contribution in [3.05, 3.63) is 69.6 Å². The van der Waals surface area contributed by atoms with Crippen LogP contribution in [0, 0.1) is 5.82 Å². The number of carbonyl (C=O) groups excluding carboxylic acids is 2. The number of halogens is 2. The van der Waals surface area contributed by atoms with E-state index >= 15 is 0 Å². The molecular weight excluding hydrogens is 415 g/mol. The van der Waals surface area contributed by atoms with Gasteiger partial charge in [0.2, 0.25) is 0 Å². The van der Waals surface area contributed by atoms with Gasteiger partial charge in [-0.1, -0.05) is 12.1 Å². The quantitative estimate of drug-likeness (QED) is 0.589. The van der Waals surface area contributed by atoms with Gasteiger partial charge in [-0.25, -0.2) is 4.39 Å². The summed E-state index contributed by atoms with van der Waals surface area (Å²) < 4.78 is 19.6. The van der Waals surface area contributed by atoms with E-state index in [0.29, 0.717) is 44.4 Å². The highest BCUT2D eigenvalue weighted by Crippen LogP contribution is 2.35. The number of hydrogen-bond acceptors (Lipinski definition) is 4. The maximum atomic E-state index is 13.6. The number of methoxy groups -OCH3 is 1. The van der Waals surface area contributed by atoms with Crippen molar-refractivity contribution in [2.75, 3.05) is 13.7 Å². The average Bonchev–Trinajstić information content (AvgIpc) is 2.91. The maximum absolute atomic E-state index is 13.6. The molecule has 4 rings (SSSR count). The summed E-state index contributed by atoms with van der Waals surface area (Å²) >= 11 is 3.46. The molecule has 5 nitrogen and oxygen atoms in total. The first-order chi connectivity index (χ1) is 13.0. The van der Waals surface area contributed by atoms with Crippen LogP contribution in [-0.4, -0.2) is 35.4 Å². The van der Waals surface area contributed by atoms with Gasteiger partial charge in [0, 0.05) is 18.4 Å². The summed E-state index contributed by atoms with van der Waals surface area (Å²) in [4.78, 5) is 30.7. The van der Waals surface area contributed by atoms with Crippen molar-refractivity contribution in [2.45, 2.75) is 6.42 Å². The van der Waals surface area contributed by atoms with Crippen molar-refractivity contribution in [1.82, 2.24) is 9.88 Å². The number of imide groups is 1. The normalized spacial score (nSPS) is 13.4. The lowest BCUT2D eigenvalue weighted by Gasteiger charge is -2.16. The van der Waals surface area contributed by atoms with Crippen LogP contribution in [0.4, 0.5) is 4.39 Å². The smallest absolute Gasteiger partial charge is 0.261 e. The molecule has 0 N–H and O–H groups in total. The van der Waals surface area contributed by atoms with Crippen LogP contribution in [0.25, 0.3) is 10.9 Å². The Hall–Kier alpha value is -2.80. The Bertz CT molecular complexity index is 1070. The van der Waals surface area contributed by atoms with Crippen molar-refractivity contribution in [2.24, 2.45) is 0 Å². The lowest BCUT2D eigenvalue weighted by molar-refractivity contribution is 0.0656. The number of ether oxygens (including phenoxy) is 1. The van der Waals surface area contributed by atoms with Crippen LogP contribution in [0.5, 0.6) is 5.75 Å². The molecule has 1 aliphatic heterocycles. The summed E-state index contributed by atoms with van der Waals surface area (Å²) in [6.45, 7) is 0.188. The third-order valence-corrected chi connectivity index (χ3v) is 5.38. The second kappa shape index (κ2) is 6.74. The summed E-state index contributed by atoms with van der Waals surface area (Å²) in [5.41, 5.74) is 2.04. The number of pyridine rings is 1. The van der Waals surface area contributed by atoms with Crippen molar-refractivity contribution in [3.63, 3.8) is 0 Å². The Morgan fingerprint density at radius 3 is 2.41 bits per heavy atom. The molecule has 0 fully saturated rings. The molecule has 0 spiro atoms. The fourth-order valence-corrected chi connectivity index (χ4v) is 3.92. The van der Waals surface area contributed by atoms with Gasteiger partial charge >= 0.3 is 0 Å². The monoisotopic (exact) mass is 428 g/mol. The van der Waals surface area contributed by atoms with Gasteiger partial charge in [0.25, 0.3) is 11.8 Å². The van der Waals surface area contributed by atoms with Gasteiger partial charge in [-0.05, 0) is 46.3 Å². The lowest BCUT2D eigenvalue weighted by atomic mass is 10.1. The third kappa shape index (κ3) is 2.88. The molecule has 0 aliphatic carbocycles. The van der Waals surface area contributed by atoms with E-state index in [9.17, 15) is 14.0 Å². The Labute approximate surface area is 162 Å². The van der Waals surface area contributed by atoms with Crippen LogP contribution in [0.2, 0.25) is 0 Å². The second-order valence-corrected chi connectivity index (χ2v) is 6.92. The summed E-state index contributed by atoms with van der Waals surface area (Å²) in [5.74, 6) is -0.520. The first-order valence-electron chi connectivity index (χ1n) is 8.28. The first kappa shape index (κ1) is 17.6. The van der Waals surface area contributed by atoms with Gasteiger partial charge in [-0.15, -0.1) is 0 Å². The van der Waals surface area contributed by atoms with Crippen LogP contribution in [0.1, 0.15) is 26.4 Å². The summed E-state index contributed by atoms with van der Waals surface area (Å²) in [6.07, 6.45) is 0.343. The third-order valence-electron chi connectivity index (χ3n) is 4.57. The molecule has 1 aliphatic rings. The molecule has 2 heterocycles. The number of rotatable bonds is 4. The highest BCUT2D eigenvalue weighted by molar-refractivity contribution is 9.10. The van der Waals surface area contributed by atoms with E-state index in [1.54, 1.807) is 30.3 Å². The minimum Gasteiger partial charge on any atom is -0.495 e. The van der Waals surface area contributed by atoms with Crippen molar-refractivity contribution in [1.29, 1.82) is 0 Å². The molecule has 0 unspecified atom stereocenters. The Morgan fingerprint density at radius 1 is 1.11 bits per heavy atom. The molecule has 0 radical (unpaired) electrons. The Morgan fingerprint density at radius 2 is 1.78 bits per heavy atom. The molecule has 0 bridgehead atoms. The highest BCUT2D eigenvalue weighted by atomic mass is 79.9. The Balaban J connectivity index is 1.65. The van der Waals surface area contributed by atoms with Crippen LogP contribution in [0.15, 0.2) is 46.9 Å². The largest absolute Gasteiger partial charge is 0.495 e. The highest BCUT2D eigenvalue weighted by Gasteiger charge is 2.34. The minimum absolute atomic E-state index is 0.188. The first-order valence-corrected chi connectivity index (χ1v) is 9.07. The van der Waals surface area contributed by atoms with E-state index in [4.69, 9.17) is 4.74 Å². The number of carbonyl (C=O) groups is 2. The van der Waals surface area contributed by atoms with E-state index in [1.165, 1.54) is 24.1 Å². The zero-order valence-corrected chi connectivity index (χ0v) is 15.9. The van der Waals surface area contributed by atoms with Gasteiger partial charge in [0.1, 0.15) is 11.6 Å². The number of amides is 2. The molecule has 0 saturated heterocycles. The predicted molar refractivity (Wildman–Crippen MR) is 101 cm³/mol. The SMILES string of the molecule is COc1c(Br)c(CCN2C(=O)c3ccccc3C2=O)nc2ccc(F)cc12. The molecule has 1 aromatic heterocycles. The van der Waals surface area contributed by atoms with Crippen molar-refractivity contribution in [3.8, 4) is 5.75 Å². The van der Waals surface area contributed by atoms with Crippen LogP contribution < -0.4 is 4.74 Å². The van der Waals surface area contributed by atoms with Crippen LogP contribution >= 0.6 is 15.9 Å². The zero-order chi connectivity index (χ0) is 19.1. The van der Waals surface area contributed by atoms with Gasteiger partial charge in [0.15, 0.2) is 0 Å². The molecule has 7 heteroatoms. The number of fused-ring (bicyclic) bond motifs is 2. The molecule has 0 atom stereocenters. The van der Waals surface area contributed by atoms with E-state index in [-0.39, 0.29) is 24.2 Å². The molecule has 2 amide bonds. The molecule has 3 aromatic rings. The standard InChI is InChI=1S/C20H14BrFN2O3/c1-27-18-14-10-11(22)6-7-15(14)23-16(17(18)21)8-9-24-19(25)12-4-2-3-5-13(12)20(24)26/h2-7,10H,8-9H2,1H3. The van der Waals surface area contributed by atoms with Crippen molar-refractivity contribution < 1.29 is 18.7 Å². The molecule has 2 aromatic carbocycles. The topological polar surface area (TPSA) is 59.5 Å². The number of nitrogens with zero attached hydrogens (tertiary/aromatic N) is 2. The fraction of sp³-hybridized carbons (Fsp3) is 0.150. The van der Waals surface area contributed by atoms with Crippen molar-refractivity contribution >= 4 is 38.6 Å². The number of benzene rings is 2. The van der Waals surface area contributed by atoms with Gasteiger partial charge in [-0.3, -0.25) is 19.5 Å². The van der Waals surface area contributed by atoms with Crippen LogP contribution in [-0.2, 0) is 6.42 Å². The van der Waals surface area contributed by atoms with E-state index in [1.807, 2.05) is 0 Å². The van der Waals surface area contributed by atoms with E-state index < -0.39 is 0 Å². The summed E-state index contributed by atoms with van der Waals surface area (Å²) in [5, 5.41) is 0.550. The summed E-state index contributed by atoms with van der Waals surface area (Å²) in [6, 6.07) is 11.0. The number of hydrogen-bond donors (Lipinski definition) is 0.